The van der Waals surface area contributed by atoms with Crippen molar-refractivity contribution in [3.63, 3.8) is 0 Å². The Balaban J connectivity index is 2.48. The van der Waals surface area contributed by atoms with Gasteiger partial charge in [-0.15, -0.1) is 0 Å². The van der Waals surface area contributed by atoms with E-state index in [0.717, 1.165) is 18.9 Å². The maximum atomic E-state index is 13.9. The van der Waals surface area contributed by atoms with Gasteiger partial charge in [0.15, 0.2) is 17.3 Å². The van der Waals surface area contributed by atoms with Crippen LogP contribution in [0, 0.1) is 23.5 Å². The lowest BCUT2D eigenvalue weighted by Gasteiger charge is -2.17. The van der Waals surface area contributed by atoms with Crippen molar-refractivity contribution in [1.29, 1.82) is 0 Å². The maximum Gasteiger partial charge on any atom is 0.204 e. The lowest BCUT2D eigenvalue weighted by Crippen LogP contribution is -2.11. The van der Waals surface area contributed by atoms with E-state index in [1.807, 2.05) is 13.8 Å². The molecule has 0 aromatic heterocycles. The van der Waals surface area contributed by atoms with Crippen molar-refractivity contribution in [2.75, 3.05) is 13.2 Å². The van der Waals surface area contributed by atoms with Gasteiger partial charge in [0, 0.05) is 0 Å². The van der Waals surface area contributed by atoms with E-state index in [2.05, 4.69) is 13.2 Å². The topological polar surface area (TPSA) is 38.7 Å². The lowest BCUT2D eigenvalue weighted by molar-refractivity contribution is 0.226. The minimum Gasteiger partial charge on any atom is -0.505 e. The summed E-state index contributed by atoms with van der Waals surface area (Å²) in [4.78, 5) is 0. The fourth-order valence-corrected chi connectivity index (χ4v) is 2.30. The number of rotatable bonds is 11. The molecule has 2 atom stereocenters. The molecule has 0 spiro atoms. The van der Waals surface area contributed by atoms with Gasteiger partial charge in [0.25, 0.3) is 0 Å². The Morgan fingerprint density at radius 2 is 1.85 bits per heavy atom. The predicted molar refractivity (Wildman–Crippen MR) is 100 cm³/mol. The molecular weight excluding hydrogens is 357 g/mol. The molecule has 1 rings (SSSR count). The van der Waals surface area contributed by atoms with Gasteiger partial charge in [-0.2, -0.15) is 8.78 Å². The molecule has 1 N–H and O–H groups in total. The largest absolute Gasteiger partial charge is 0.505 e. The van der Waals surface area contributed by atoms with Crippen LogP contribution in [0.4, 0.5) is 13.2 Å². The summed E-state index contributed by atoms with van der Waals surface area (Å²) in [6.07, 6.45) is 2.77. The molecular formula is C21H27F3O3. The third-order valence-corrected chi connectivity index (χ3v) is 4.17. The average molecular weight is 384 g/mol. The van der Waals surface area contributed by atoms with E-state index in [9.17, 15) is 13.2 Å². The zero-order valence-corrected chi connectivity index (χ0v) is 16.0. The van der Waals surface area contributed by atoms with Crippen molar-refractivity contribution in [2.45, 2.75) is 33.6 Å². The van der Waals surface area contributed by atoms with Gasteiger partial charge >= 0.3 is 0 Å². The zero-order chi connectivity index (χ0) is 20.6. The van der Waals surface area contributed by atoms with E-state index in [4.69, 9.17) is 14.6 Å². The van der Waals surface area contributed by atoms with Crippen molar-refractivity contribution in [3.05, 3.63) is 60.2 Å². The van der Waals surface area contributed by atoms with Crippen LogP contribution in [0.15, 0.2) is 48.5 Å². The molecule has 0 aliphatic heterocycles. The molecule has 0 aliphatic rings. The van der Waals surface area contributed by atoms with Crippen molar-refractivity contribution in [3.8, 4) is 11.5 Å². The fraction of sp³-hybridized carbons (Fsp3) is 0.429. The number of halogens is 3. The summed E-state index contributed by atoms with van der Waals surface area (Å²) in [5, 5.41) is 9.10. The molecule has 0 amide bonds. The molecule has 150 valence electrons. The lowest BCUT2D eigenvalue weighted by atomic mass is 9.93. The average Bonchev–Trinajstić information content (AvgIpc) is 2.63. The van der Waals surface area contributed by atoms with Crippen LogP contribution in [0.25, 0.3) is 0 Å². The Kier molecular flexibility index (Phi) is 8.98. The molecule has 2 unspecified atom stereocenters. The molecule has 1 aromatic rings. The molecule has 0 aliphatic carbocycles. The number of aromatic hydroxyl groups is 1. The van der Waals surface area contributed by atoms with Crippen LogP contribution in [0.2, 0.25) is 0 Å². The smallest absolute Gasteiger partial charge is 0.204 e. The number of allylic oxidation sites excluding steroid dienone is 3. The highest BCUT2D eigenvalue weighted by Crippen LogP contribution is 2.27. The van der Waals surface area contributed by atoms with E-state index < -0.39 is 23.2 Å². The van der Waals surface area contributed by atoms with Gasteiger partial charge in [0.1, 0.15) is 5.76 Å². The number of phenols is 1. The van der Waals surface area contributed by atoms with Gasteiger partial charge in [-0.3, -0.25) is 0 Å². The van der Waals surface area contributed by atoms with Gasteiger partial charge in [0.2, 0.25) is 11.6 Å². The standard InChI is InChI=1S/C21H27F3O3/c1-6-26-16(5)17(22)11-15(4)14(3)8-7-13(2)12-27-19-10-9-18(25)20(23)21(19)24/h9-11,13-14,25H,4-8,12H2,1-3H3/b17-11+. The summed E-state index contributed by atoms with van der Waals surface area (Å²) in [5.74, 6) is -4.02. The highest BCUT2D eigenvalue weighted by molar-refractivity contribution is 5.34. The number of benzene rings is 1. The Labute approximate surface area is 158 Å². The van der Waals surface area contributed by atoms with Gasteiger partial charge in [-0.05, 0) is 55.4 Å². The molecule has 3 nitrogen and oxygen atoms in total. The van der Waals surface area contributed by atoms with Crippen LogP contribution < -0.4 is 4.74 Å². The third-order valence-electron chi connectivity index (χ3n) is 4.17. The quantitative estimate of drug-likeness (QED) is 0.372. The first-order valence-electron chi connectivity index (χ1n) is 8.85. The first kappa shape index (κ1) is 22.7. The van der Waals surface area contributed by atoms with Gasteiger partial charge < -0.3 is 14.6 Å². The van der Waals surface area contributed by atoms with E-state index in [1.54, 1.807) is 6.92 Å². The normalized spacial score (nSPS) is 13.8. The monoisotopic (exact) mass is 384 g/mol. The molecule has 0 fully saturated rings. The summed E-state index contributed by atoms with van der Waals surface area (Å²) in [6, 6.07) is 2.23. The summed E-state index contributed by atoms with van der Waals surface area (Å²) in [6.45, 7) is 13.5. The zero-order valence-electron chi connectivity index (χ0n) is 16.0. The summed E-state index contributed by atoms with van der Waals surface area (Å²) >= 11 is 0. The molecule has 0 heterocycles. The number of phenolic OH excluding ortho intramolecular Hbond substituents is 1. The fourth-order valence-electron chi connectivity index (χ4n) is 2.30. The molecule has 0 saturated heterocycles. The van der Waals surface area contributed by atoms with E-state index in [1.165, 1.54) is 12.1 Å². The Morgan fingerprint density at radius 3 is 2.48 bits per heavy atom. The predicted octanol–water partition coefficient (Wildman–Crippen LogP) is 6.06. The Bertz CT molecular complexity index is 698. The van der Waals surface area contributed by atoms with Crippen LogP contribution in [0.1, 0.15) is 33.6 Å². The van der Waals surface area contributed by atoms with E-state index >= 15 is 0 Å². The van der Waals surface area contributed by atoms with Crippen LogP contribution in [0.3, 0.4) is 0 Å². The van der Waals surface area contributed by atoms with Gasteiger partial charge in [-0.1, -0.05) is 27.0 Å². The highest BCUT2D eigenvalue weighted by atomic mass is 19.2. The Morgan fingerprint density at radius 1 is 1.19 bits per heavy atom. The van der Waals surface area contributed by atoms with Crippen molar-refractivity contribution in [2.24, 2.45) is 11.8 Å². The first-order chi connectivity index (χ1) is 12.7. The van der Waals surface area contributed by atoms with Crippen LogP contribution in [-0.2, 0) is 4.74 Å². The van der Waals surface area contributed by atoms with Crippen molar-refractivity contribution < 1.29 is 27.8 Å². The SMILES string of the molecule is C=C(OCC)/C(F)=C\C(=C)C(C)CCC(C)COc1ccc(O)c(F)c1F. The summed E-state index contributed by atoms with van der Waals surface area (Å²) in [5.41, 5.74) is 0.619. The minimum atomic E-state index is -1.33. The Hall–Kier alpha value is -2.37. The molecule has 6 heteroatoms. The number of hydrogen-bond acceptors (Lipinski definition) is 3. The van der Waals surface area contributed by atoms with Crippen LogP contribution in [0.5, 0.6) is 11.5 Å². The van der Waals surface area contributed by atoms with Gasteiger partial charge in [-0.25, -0.2) is 4.39 Å². The minimum absolute atomic E-state index is 0.0178. The first-order valence-corrected chi connectivity index (χ1v) is 8.85. The van der Waals surface area contributed by atoms with E-state index in [0.29, 0.717) is 12.2 Å². The van der Waals surface area contributed by atoms with Crippen molar-refractivity contribution >= 4 is 0 Å². The van der Waals surface area contributed by atoms with Gasteiger partial charge in [0.05, 0.1) is 13.2 Å². The maximum absolute atomic E-state index is 13.9. The molecule has 1 aromatic carbocycles. The molecule has 27 heavy (non-hydrogen) atoms. The summed E-state index contributed by atoms with van der Waals surface area (Å²) < 4.78 is 51.1. The second-order valence-corrected chi connectivity index (χ2v) is 6.53. The molecule has 0 radical (unpaired) electrons. The second kappa shape index (κ2) is 10.7. The van der Waals surface area contributed by atoms with Crippen molar-refractivity contribution in [1.82, 2.24) is 0 Å². The molecule has 0 saturated carbocycles. The number of hydrogen-bond donors (Lipinski definition) is 1. The third kappa shape index (κ3) is 7.04. The molecule has 0 bridgehead atoms. The number of ether oxygens (including phenoxy) is 2. The van der Waals surface area contributed by atoms with E-state index in [-0.39, 0.29) is 30.0 Å². The summed E-state index contributed by atoms with van der Waals surface area (Å²) in [7, 11) is 0. The second-order valence-electron chi connectivity index (χ2n) is 6.53. The van der Waals surface area contributed by atoms with Crippen LogP contribution >= 0.6 is 0 Å². The van der Waals surface area contributed by atoms with Crippen LogP contribution in [-0.4, -0.2) is 18.3 Å². The highest BCUT2D eigenvalue weighted by Gasteiger charge is 2.16.